The summed E-state index contributed by atoms with van der Waals surface area (Å²) in [6, 6.07) is 16.2. The molecule has 4 N–H and O–H groups in total. The van der Waals surface area contributed by atoms with Crippen molar-refractivity contribution in [3.63, 3.8) is 0 Å². The first-order valence-corrected chi connectivity index (χ1v) is 16.8. The number of methoxy groups -OCH3 is 1. The van der Waals surface area contributed by atoms with E-state index in [9.17, 15) is 9.59 Å². The first-order chi connectivity index (χ1) is 22.2. The molecule has 6 unspecified atom stereocenters. The zero-order valence-electron chi connectivity index (χ0n) is 26.3. The van der Waals surface area contributed by atoms with Crippen molar-refractivity contribution < 1.29 is 44.2 Å². The second kappa shape index (κ2) is 12.1. The molecule has 2 aromatic rings. The summed E-state index contributed by atoms with van der Waals surface area (Å²) >= 11 is 0. The number of hydrogen-bond acceptors (Lipinski definition) is 8. The normalized spacial score (nSPS) is 33.0. The van der Waals surface area contributed by atoms with Crippen LogP contribution in [0.25, 0.3) is 0 Å². The molecular weight excluding hydrogens is 590 g/mol. The van der Waals surface area contributed by atoms with Crippen molar-refractivity contribution in [3.05, 3.63) is 59.2 Å². The minimum atomic E-state index is -2.27. The lowest BCUT2D eigenvalue weighted by molar-refractivity contribution is -0.280. The van der Waals surface area contributed by atoms with Gasteiger partial charge in [-0.15, -0.1) is 0 Å². The molecule has 0 aromatic heterocycles. The zero-order valence-corrected chi connectivity index (χ0v) is 26.3. The van der Waals surface area contributed by atoms with Gasteiger partial charge in [0.25, 0.3) is 0 Å². The number of fused-ring (bicyclic) bond motifs is 2. The number of piperidine rings is 1. The van der Waals surface area contributed by atoms with Crippen LogP contribution in [0, 0.1) is 17.3 Å². The van der Waals surface area contributed by atoms with Crippen molar-refractivity contribution >= 4 is 11.9 Å². The Balaban J connectivity index is 0.000000296. The second-order valence-electron chi connectivity index (χ2n) is 14.3. The maximum absolute atomic E-state index is 9.77. The van der Waals surface area contributed by atoms with Gasteiger partial charge in [0.15, 0.2) is 23.7 Å². The Bertz CT molecular complexity index is 1440. The molecule has 8 rings (SSSR count). The molecular formula is C36H45NO9. The average Bonchev–Trinajstić information content (AvgIpc) is 3.34. The van der Waals surface area contributed by atoms with Crippen LogP contribution >= 0.6 is 0 Å². The molecule has 3 aliphatic heterocycles. The molecule has 2 saturated heterocycles. The van der Waals surface area contributed by atoms with E-state index in [4.69, 9.17) is 34.6 Å². The van der Waals surface area contributed by atoms with Crippen LogP contribution in [0.15, 0.2) is 42.5 Å². The molecule has 4 fully saturated rings. The van der Waals surface area contributed by atoms with E-state index in [-0.39, 0.29) is 23.0 Å². The molecule has 3 aliphatic carbocycles. The van der Waals surface area contributed by atoms with Crippen molar-refractivity contribution in [1.82, 2.24) is 4.90 Å². The van der Waals surface area contributed by atoms with E-state index in [1.807, 2.05) is 0 Å². The molecule has 2 saturated carbocycles. The van der Waals surface area contributed by atoms with Crippen LogP contribution < -0.4 is 9.47 Å². The highest BCUT2D eigenvalue weighted by atomic mass is 16.6. The van der Waals surface area contributed by atoms with Crippen LogP contribution in [0.1, 0.15) is 61.6 Å². The first kappa shape index (κ1) is 31.4. The Morgan fingerprint density at radius 2 is 1.78 bits per heavy atom. The van der Waals surface area contributed by atoms with Gasteiger partial charge < -0.3 is 34.6 Å². The number of aliphatic hydroxyl groups excluding tert-OH is 2. The van der Waals surface area contributed by atoms with E-state index in [2.05, 4.69) is 47.4 Å². The Labute approximate surface area is 269 Å². The molecule has 3 heterocycles. The number of nitrogens with zero attached hydrogens (tertiary/aromatic N) is 1. The monoisotopic (exact) mass is 635 g/mol. The van der Waals surface area contributed by atoms with Gasteiger partial charge in [0.1, 0.15) is 12.2 Å². The van der Waals surface area contributed by atoms with Crippen LogP contribution in [0.2, 0.25) is 0 Å². The Morgan fingerprint density at radius 1 is 1.04 bits per heavy atom. The van der Waals surface area contributed by atoms with Gasteiger partial charge in [-0.2, -0.15) is 0 Å². The number of ether oxygens (including phenoxy) is 3. The average molecular weight is 636 g/mol. The smallest absolute Gasteiger partial charge is 0.335 e. The molecule has 2 bridgehead atoms. The number of benzene rings is 2. The fourth-order valence-corrected chi connectivity index (χ4v) is 9.57. The summed E-state index contributed by atoms with van der Waals surface area (Å²) in [5, 5.41) is 32.5. The largest absolute Gasteiger partial charge is 0.493 e. The summed E-state index contributed by atoms with van der Waals surface area (Å²) < 4.78 is 19.4. The van der Waals surface area contributed by atoms with E-state index in [0.717, 1.165) is 30.4 Å². The van der Waals surface area contributed by atoms with Crippen molar-refractivity contribution in [2.24, 2.45) is 17.3 Å². The van der Waals surface area contributed by atoms with Gasteiger partial charge in [0.05, 0.1) is 13.7 Å². The summed E-state index contributed by atoms with van der Waals surface area (Å²) in [4.78, 5) is 22.5. The van der Waals surface area contributed by atoms with Gasteiger partial charge in [0, 0.05) is 29.0 Å². The summed E-state index contributed by atoms with van der Waals surface area (Å²) in [7, 11) is 1.79. The Morgan fingerprint density at radius 3 is 2.39 bits per heavy atom. The molecule has 0 amide bonds. The van der Waals surface area contributed by atoms with Crippen LogP contribution in [0.5, 0.6) is 11.5 Å². The van der Waals surface area contributed by atoms with E-state index >= 15 is 0 Å². The molecule has 8 atom stereocenters. The van der Waals surface area contributed by atoms with E-state index in [1.54, 1.807) is 7.11 Å². The van der Waals surface area contributed by atoms with Gasteiger partial charge in [-0.05, 0) is 86.9 Å². The summed E-state index contributed by atoms with van der Waals surface area (Å²) in [6.45, 7) is 3.43. The second-order valence-corrected chi connectivity index (χ2v) is 14.3. The fourth-order valence-electron chi connectivity index (χ4n) is 9.57. The lowest BCUT2D eigenvalue weighted by atomic mass is 9.45. The highest BCUT2D eigenvalue weighted by Gasteiger charge is 2.73. The van der Waals surface area contributed by atoms with Gasteiger partial charge in [-0.3, -0.25) is 4.90 Å². The van der Waals surface area contributed by atoms with Gasteiger partial charge in [0.2, 0.25) is 0 Å². The predicted octanol–water partition coefficient (Wildman–Crippen LogP) is 3.43. The number of likely N-dealkylation sites (tertiary alicyclic amines) is 1. The highest BCUT2D eigenvalue weighted by Crippen LogP contribution is 2.69. The third kappa shape index (κ3) is 5.00. The van der Waals surface area contributed by atoms with Crippen LogP contribution in [-0.4, -0.2) is 94.5 Å². The van der Waals surface area contributed by atoms with Gasteiger partial charge >= 0.3 is 11.9 Å². The molecule has 248 valence electrons. The molecule has 2 aromatic carbocycles. The van der Waals surface area contributed by atoms with Crippen LogP contribution in [0.3, 0.4) is 0 Å². The Hall–Kier alpha value is -3.18. The molecule has 10 heteroatoms. The number of aliphatic carboxylic acids is 2. The minimum absolute atomic E-state index is 0.103. The summed E-state index contributed by atoms with van der Waals surface area (Å²) in [5.41, 5.74) is 4.84. The van der Waals surface area contributed by atoms with Crippen molar-refractivity contribution in [1.29, 1.82) is 0 Å². The number of carboxylic acids is 2. The third-order valence-corrected chi connectivity index (χ3v) is 12.0. The predicted molar refractivity (Wildman–Crippen MR) is 167 cm³/mol. The molecule has 1 spiro atoms. The Kier molecular flexibility index (Phi) is 8.28. The van der Waals surface area contributed by atoms with E-state index < -0.39 is 24.1 Å². The molecule has 0 radical (unpaired) electrons. The van der Waals surface area contributed by atoms with Gasteiger partial charge in [-0.25, -0.2) is 9.59 Å². The minimum Gasteiger partial charge on any atom is -0.493 e. The molecule has 46 heavy (non-hydrogen) atoms. The lowest BCUT2D eigenvalue weighted by Gasteiger charge is -2.67. The summed E-state index contributed by atoms with van der Waals surface area (Å²) in [6.07, 6.45) is 7.43. The highest BCUT2D eigenvalue weighted by molar-refractivity contribution is 5.83. The van der Waals surface area contributed by atoms with Crippen LogP contribution in [0.4, 0.5) is 0 Å². The number of carboxylic acid groups (broad SMARTS) is 2. The number of hydrogen-bond donors (Lipinski definition) is 4. The summed E-state index contributed by atoms with van der Waals surface area (Å²) in [5.74, 6) is 0.0108. The fraction of sp³-hybridized carbons (Fsp3) is 0.611. The van der Waals surface area contributed by atoms with Gasteiger partial charge in [-0.1, -0.05) is 42.8 Å². The number of aliphatic hydroxyl groups is 2. The molecule has 10 nitrogen and oxygen atoms in total. The maximum Gasteiger partial charge on any atom is 0.335 e. The van der Waals surface area contributed by atoms with Crippen LogP contribution in [-0.2, 0) is 32.6 Å². The lowest BCUT2D eigenvalue weighted by Crippen LogP contribution is -2.75. The van der Waals surface area contributed by atoms with Crippen molar-refractivity contribution in [2.75, 3.05) is 26.8 Å². The number of carbonyl (C=O) groups is 2. The van der Waals surface area contributed by atoms with Crippen molar-refractivity contribution in [2.45, 2.75) is 93.7 Å². The zero-order chi connectivity index (χ0) is 32.2. The van der Waals surface area contributed by atoms with Crippen molar-refractivity contribution in [3.8, 4) is 11.5 Å². The molecule has 6 aliphatic rings. The number of aryl methyl sites for hydroxylation is 1. The topological polar surface area (TPSA) is 146 Å². The van der Waals surface area contributed by atoms with E-state index in [1.165, 1.54) is 81.1 Å². The quantitative estimate of drug-likeness (QED) is 0.306. The SMILES string of the molecule is COc1ccc2c3c1OC1[C@H]4OC[C@@]4(CCCc4ccccc4)CC4C(C2)N(CC2CCC2)CCC341.O=C(O)C(O)C(O)C(=O)O. The standard InChI is InChI=1S/C32H39NO3.C4H6O6/c1-34-26-13-12-23-17-25-24-18-31(14-6-11-21-7-3-2-4-8-21)20-35-29(31)30-32(24,27(23)28(26)36-30)15-16-33(25)19-22-9-5-10-22;5-1(3(7)8)2(6)4(9)10/h2-4,7-8,12-13,22,24-25,29-30H,5-6,9-11,14-20H2,1H3;1-2,5-6H,(H,7,8)(H,9,10)/t24?,25?,29-,30?,31-,32?;/m1./s1. The first-order valence-electron chi connectivity index (χ1n) is 16.8. The van der Waals surface area contributed by atoms with E-state index in [0.29, 0.717) is 12.0 Å². The third-order valence-electron chi connectivity index (χ3n) is 12.0. The maximum atomic E-state index is 9.77. The number of rotatable bonds is 10.